The molecule has 14 heavy (non-hydrogen) atoms. The maximum atomic E-state index is 10.6. The summed E-state index contributed by atoms with van der Waals surface area (Å²) in [6, 6.07) is 0. The second kappa shape index (κ2) is 9.08. The summed E-state index contributed by atoms with van der Waals surface area (Å²) in [4.78, 5) is 0. The summed E-state index contributed by atoms with van der Waals surface area (Å²) in [5.41, 5.74) is 0. The summed E-state index contributed by atoms with van der Waals surface area (Å²) < 4.78 is 31.9. The van der Waals surface area contributed by atoms with Crippen molar-refractivity contribution in [2.45, 2.75) is 30.9 Å². The molecular formula is C7H15NaO5S. The van der Waals surface area contributed by atoms with Crippen molar-refractivity contribution in [3.05, 3.63) is 0 Å². The zero-order valence-electron chi connectivity index (χ0n) is 8.35. The van der Waals surface area contributed by atoms with Crippen molar-refractivity contribution < 1.29 is 52.7 Å². The van der Waals surface area contributed by atoms with E-state index in [1.54, 1.807) is 0 Å². The van der Waals surface area contributed by atoms with E-state index >= 15 is 0 Å². The monoisotopic (exact) mass is 234 g/mol. The Morgan fingerprint density at radius 3 is 1.64 bits per heavy atom. The first-order chi connectivity index (χ1) is 6.02. The van der Waals surface area contributed by atoms with Crippen LogP contribution in [0.4, 0.5) is 0 Å². The van der Waals surface area contributed by atoms with E-state index in [1.807, 2.05) is 0 Å². The van der Waals surface area contributed by atoms with Crippen LogP contribution in [0, 0.1) is 0 Å². The second-order valence-corrected chi connectivity index (χ2v) is 4.50. The molecule has 80 valence electrons. The summed E-state index contributed by atoms with van der Waals surface area (Å²) in [6.45, 7) is -0.240. The van der Waals surface area contributed by atoms with Crippen molar-refractivity contribution in [3.63, 3.8) is 0 Å². The van der Waals surface area contributed by atoms with Gasteiger partial charge in [-0.2, -0.15) is 0 Å². The Balaban J connectivity index is 0. The number of rotatable bonds is 7. The van der Waals surface area contributed by atoms with E-state index in [1.165, 1.54) is 0 Å². The summed E-state index contributed by atoms with van der Waals surface area (Å²) in [6.07, 6.45) is 0.944. The first-order valence-corrected chi connectivity index (χ1v) is 5.66. The molecule has 0 amide bonds. The summed E-state index contributed by atoms with van der Waals surface area (Å²) in [5, 5.41) is 16.0. The molecule has 0 bridgehead atoms. The molecule has 0 rings (SSSR count). The molecule has 0 aliphatic heterocycles. The van der Waals surface area contributed by atoms with Crippen LogP contribution in [-0.2, 0) is 10.1 Å². The molecule has 7 heteroatoms. The minimum absolute atomic E-state index is 0. The fraction of sp³-hybridized carbons (Fsp3) is 1.00. The van der Waals surface area contributed by atoms with Gasteiger partial charge in [-0.1, -0.05) is 0 Å². The quantitative estimate of drug-likeness (QED) is 0.351. The van der Waals surface area contributed by atoms with Crippen LogP contribution >= 0.6 is 0 Å². The van der Waals surface area contributed by atoms with Gasteiger partial charge >= 0.3 is 29.6 Å². The largest absolute Gasteiger partial charge is 1.00 e. The zero-order valence-corrected chi connectivity index (χ0v) is 11.2. The van der Waals surface area contributed by atoms with Crippen molar-refractivity contribution in [3.8, 4) is 0 Å². The predicted molar refractivity (Wildman–Crippen MR) is 46.1 cm³/mol. The number of hydrogen-bond donors (Lipinski definition) is 2. The normalized spacial score (nSPS) is 11.4. The Kier molecular flexibility index (Phi) is 11.2. The van der Waals surface area contributed by atoms with Gasteiger partial charge in [0, 0.05) is 18.5 Å². The van der Waals surface area contributed by atoms with Gasteiger partial charge in [0.1, 0.15) is 0 Å². The van der Waals surface area contributed by atoms with E-state index in [0.29, 0.717) is 12.8 Å². The fourth-order valence-corrected chi connectivity index (χ4v) is 1.98. The van der Waals surface area contributed by atoms with E-state index < -0.39 is 15.4 Å². The number of aliphatic hydroxyl groups excluding tert-OH is 2. The minimum Gasteiger partial charge on any atom is -0.748 e. The molecule has 0 aromatic rings. The maximum Gasteiger partial charge on any atom is 1.00 e. The smallest absolute Gasteiger partial charge is 0.748 e. The van der Waals surface area contributed by atoms with Gasteiger partial charge in [0.25, 0.3) is 0 Å². The SMILES string of the molecule is O=S(=O)([O-])C(CCCO)CCCO.[Na+]. The molecule has 0 heterocycles. The second-order valence-electron chi connectivity index (χ2n) is 2.85. The molecule has 0 radical (unpaired) electrons. The van der Waals surface area contributed by atoms with Crippen LogP contribution in [-0.4, -0.2) is 41.6 Å². The molecule has 0 spiro atoms. The van der Waals surface area contributed by atoms with Crippen molar-refractivity contribution >= 4 is 10.1 Å². The van der Waals surface area contributed by atoms with E-state index in [2.05, 4.69) is 0 Å². The minimum atomic E-state index is -4.28. The van der Waals surface area contributed by atoms with Crippen molar-refractivity contribution in [2.75, 3.05) is 13.2 Å². The van der Waals surface area contributed by atoms with Crippen LogP contribution in [0.15, 0.2) is 0 Å². The fourth-order valence-electron chi connectivity index (χ4n) is 1.07. The van der Waals surface area contributed by atoms with Gasteiger partial charge in [0.15, 0.2) is 0 Å². The third kappa shape index (κ3) is 8.16. The van der Waals surface area contributed by atoms with E-state index in [0.717, 1.165) is 0 Å². The van der Waals surface area contributed by atoms with Gasteiger partial charge < -0.3 is 14.8 Å². The third-order valence-electron chi connectivity index (χ3n) is 1.78. The maximum absolute atomic E-state index is 10.6. The standard InChI is InChI=1S/C7H16O5S.Na/c8-5-1-3-7(4-2-6-9)13(10,11)12;/h7-9H,1-6H2,(H,10,11,12);/q;+1/p-1. The van der Waals surface area contributed by atoms with Gasteiger partial charge in [-0.05, 0) is 25.7 Å². The molecule has 0 aliphatic carbocycles. The van der Waals surface area contributed by atoms with E-state index in [-0.39, 0.29) is 55.6 Å². The summed E-state index contributed by atoms with van der Waals surface area (Å²) in [5.74, 6) is 0. The van der Waals surface area contributed by atoms with Crippen LogP contribution in [0.3, 0.4) is 0 Å². The van der Waals surface area contributed by atoms with Crippen molar-refractivity contribution in [1.82, 2.24) is 0 Å². The Morgan fingerprint density at radius 2 is 1.43 bits per heavy atom. The molecule has 0 saturated heterocycles. The van der Waals surface area contributed by atoms with Crippen molar-refractivity contribution in [1.29, 1.82) is 0 Å². The van der Waals surface area contributed by atoms with Gasteiger partial charge in [0.05, 0.1) is 10.1 Å². The van der Waals surface area contributed by atoms with Gasteiger partial charge in [0.2, 0.25) is 0 Å². The molecule has 0 fully saturated rings. The first kappa shape index (κ1) is 17.2. The molecule has 5 nitrogen and oxygen atoms in total. The number of aliphatic hydroxyl groups is 2. The molecule has 2 N–H and O–H groups in total. The Labute approximate surface area is 107 Å². The molecular weight excluding hydrogens is 219 g/mol. The number of hydrogen-bond acceptors (Lipinski definition) is 5. The third-order valence-corrected chi connectivity index (χ3v) is 3.06. The molecule has 0 atom stereocenters. The Morgan fingerprint density at radius 1 is 1.07 bits per heavy atom. The predicted octanol–water partition coefficient (Wildman–Crippen LogP) is -3.55. The van der Waals surface area contributed by atoms with Crippen LogP contribution < -0.4 is 29.6 Å². The van der Waals surface area contributed by atoms with Gasteiger partial charge in [-0.25, -0.2) is 8.42 Å². The molecule has 0 unspecified atom stereocenters. The molecule has 0 saturated carbocycles. The Hall–Kier alpha value is 0.830. The van der Waals surface area contributed by atoms with Gasteiger partial charge in [-0.15, -0.1) is 0 Å². The van der Waals surface area contributed by atoms with Crippen LogP contribution in [0.1, 0.15) is 25.7 Å². The summed E-state index contributed by atoms with van der Waals surface area (Å²) >= 11 is 0. The summed E-state index contributed by atoms with van der Waals surface area (Å²) in [7, 11) is -4.28. The zero-order chi connectivity index (χ0) is 10.3. The van der Waals surface area contributed by atoms with Crippen LogP contribution in [0.5, 0.6) is 0 Å². The average Bonchev–Trinajstić information content (AvgIpc) is 2.02. The van der Waals surface area contributed by atoms with Crippen molar-refractivity contribution in [2.24, 2.45) is 0 Å². The van der Waals surface area contributed by atoms with Gasteiger partial charge in [-0.3, -0.25) is 0 Å². The van der Waals surface area contributed by atoms with E-state index in [4.69, 9.17) is 10.2 Å². The van der Waals surface area contributed by atoms with Crippen LogP contribution in [0.25, 0.3) is 0 Å². The first-order valence-electron chi connectivity index (χ1n) is 4.18. The van der Waals surface area contributed by atoms with E-state index in [9.17, 15) is 13.0 Å². The topological polar surface area (TPSA) is 97.7 Å². The van der Waals surface area contributed by atoms with Crippen LogP contribution in [0.2, 0.25) is 0 Å². The molecule has 0 aromatic carbocycles. The Bertz CT molecular complexity index is 208. The molecule has 0 aromatic heterocycles. The average molecular weight is 234 g/mol. The molecule has 0 aliphatic rings.